The third-order valence-corrected chi connectivity index (χ3v) is 6.42. The minimum Gasteiger partial charge on any atom is -0.461 e. The highest BCUT2D eigenvalue weighted by molar-refractivity contribution is 8.00. The molecule has 0 radical (unpaired) electrons. The Morgan fingerprint density at radius 3 is 2.58 bits per heavy atom. The summed E-state index contributed by atoms with van der Waals surface area (Å²) in [4.78, 5) is 0.346. The number of furan rings is 1. The first-order valence-electron chi connectivity index (χ1n) is 7.49. The Morgan fingerprint density at radius 1 is 1.12 bits per heavy atom. The molecular weight excluding hydrogens is 346 g/mol. The lowest BCUT2D eigenvalue weighted by Gasteiger charge is -2.06. The predicted octanol–water partition coefficient (Wildman–Crippen LogP) is 3.12. The molecule has 0 aliphatic carbocycles. The molecule has 0 saturated carbocycles. The molecular formula is C16H17N3O3S2. The molecule has 0 N–H and O–H groups in total. The Labute approximate surface area is 144 Å². The molecule has 6 nitrogen and oxygen atoms in total. The molecule has 3 aromatic rings. The van der Waals surface area contributed by atoms with Crippen molar-refractivity contribution >= 4 is 21.6 Å². The van der Waals surface area contributed by atoms with Gasteiger partial charge in [0.2, 0.25) is 0 Å². The fraction of sp³-hybridized carbons (Fsp3) is 0.250. The van der Waals surface area contributed by atoms with E-state index in [0.29, 0.717) is 33.9 Å². The highest BCUT2D eigenvalue weighted by atomic mass is 32.2. The molecule has 24 heavy (non-hydrogen) atoms. The Kier molecular flexibility index (Phi) is 5.06. The van der Waals surface area contributed by atoms with E-state index in [1.807, 2.05) is 17.6 Å². The first kappa shape index (κ1) is 16.8. The summed E-state index contributed by atoms with van der Waals surface area (Å²) in [6.45, 7) is 2.66. The van der Waals surface area contributed by atoms with Gasteiger partial charge < -0.3 is 4.42 Å². The van der Waals surface area contributed by atoms with Gasteiger partial charge >= 0.3 is 0 Å². The standard InChI is InChI=1S/C16H17N3O3S2/c1-2-19-15(14-9-6-10-22-14)17-18-16(19)23-11-12-24(20,21)13-7-4-3-5-8-13/h3-10H,2,11-12H2,1H3. The van der Waals surface area contributed by atoms with Crippen molar-refractivity contribution in [1.29, 1.82) is 0 Å². The van der Waals surface area contributed by atoms with Crippen LogP contribution in [0.15, 0.2) is 63.2 Å². The largest absolute Gasteiger partial charge is 0.461 e. The first-order chi connectivity index (χ1) is 11.6. The normalized spacial score (nSPS) is 11.7. The maximum absolute atomic E-state index is 12.3. The molecule has 1 aromatic carbocycles. The molecule has 0 atom stereocenters. The lowest BCUT2D eigenvalue weighted by atomic mass is 10.4. The number of nitrogens with zero attached hydrogens (tertiary/aromatic N) is 3. The van der Waals surface area contributed by atoms with Gasteiger partial charge in [-0.05, 0) is 31.2 Å². The summed E-state index contributed by atoms with van der Waals surface area (Å²) < 4.78 is 31.9. The van der Waals surface area contributed by atoms with Crippen molar-refractivity contribution < 1.29 is 12.8 Å². The van der Waals surface area contributed by atoms with E-state index in [1.54, 1.807) is 42.7 Å². The van der Waals surface area contributed by atoms with Crippen LogP contribution in [0.3, 0.4) is 0 Å². The van der Waals surface area contributed by atoms with Crippen molar-refractivity contribution in [3.8, 4) is 11.6 Å². The second-order valence-corrected chi connectivity index (χ2v) is 8.18. The highest BCUT2D eigenvalue weighted by Crippen LogP contribution is 2.24. The van der Waals surface area contributed by atoms with Gasteiger partial charge in [0.25, 0.3) is 0 Å². The van der Waals surface area contributed by atoms with Crippen LogP contribution in [-0.2, 0) is 16.4 Å². The number of hydrogen-bond donors (Lipinski definition) is 0. The van der Waals surface area contributed by atoms with E-state index in [9.17, 15) is 8.42 Å². The van der Waals surface area contributed by atoms with Crippen molar-refractivity contribution in [3.63, 3.8) is 0 Å². The van der Waals surface area contributed by atoms with Crippen LogP contribution in [0.1, 0.15) is 6.92 Å². The molecule has 8 heteroatoms. The molecule has 2 aromatic heterocycles. The van der Waals surface area contributed by atoms with Crippen LogP contribution in [0.5, 0.6) is 0 Å². The molecule has 0 fully saturated rings. The second kappa shape index (κ2) is 7.23. The smallest absolute Gasteiger partial charge is 0.200 e. The summed E-state index contributed by atoms with van der Waals surface area (Å²) in [6, 6.07) is 12.1. The molecule has 0 unspecified atom stereocenters. The Morgan fingerprint density at radius 2 is 1.92 bits per heavy atom. The molecule has 126 valence electrons. The van der Waals surface area contributed by atoms with E-state index < -0.39 is 9.84 Å². The molecule has 2 heterocycles. The summed E-state index contributed by atoms with van der Waals surface area (Å²) in [7, 11) is -3.28. The molecule has 3 rings (SSSR count). The fourth-order valence-corrected chi connectivity index (χ4v) is 4.93. The van der Waals surface area contributed by atoms with Gasteiger partial charge in [0.05, 0.1) is 16.9 Å². The predicted molar refractivity (Wildman–Crippen MR) is 92.6 cm³/mol. The summed E-state index contributed by atoms with van der Waals surface area (Å²) in [5.41, 5.74) is 0. The van der Waals surface area contributed by atoms with Crippen molar-refractivity contribution in [2.45, 2.75) is 23.5 Å². The number of aromatic nitrogens is 3. The van der Waals surface area contributed by atoms with Gasteiger partial charge in [-0.15, -0.1) is 10.2 Å². The lowest BCUT2D eigenvalue weighted by Crippen LogP contribution is -2.09. The van der Waals surface area contributed by atoms with E-state index in [1.165, 1.54) is 11.8 Å². The van der Waals surface area contributed by atoms with Crippen LogP contribution in [0.2, 0.25) is 0 Å². The number of rotatable bonds is 7. The van der Waals surface area contributed by atoms with Crippen LogP contribution >= 0.6 is 11.8 Å². The summed E-state index contributed by atoms with van der Waals surface area (Å²) in [6.07, 6.45) is 1.59. The topological polar surface area (TPSA) is 78.0 Å². The average Bonchev–Trinajstić information content (AvgIpc) is 3.24. The zero-order valence-corrected chi connectivity index (χ0v) is 14.8. The maximum Gasteiger partial charge on any atom is 0.200 e. The average molecular weight is 363 g/mol. The van der Waals surface area contributed by atoms with E-state index >= 15 is 0 Å². The van der Waals surface area contributed by atoms with Crippen molar-refractivity contribution in [2.75, 3.05) is 11.5 Å². The number of benzene rings is 1. The SMILES string of the molecule is CCn1c(SCCS(=O)(=O)c2ccccc2)nnc1-c1ccco1. The van der Waals surface area contributed by atoms with Crippen LogP contribution in [0.4, 0.5) is 0 Å². The molecule has 0 saturated heterocycles. The molecule has 0 bridgehead atoms. The molecule has 0 amide bonds. The Hall–Kier alpha value is -2.06. The summed E-state index contributed by atoms with van der Waals surface area (Å²) >= 11 is 1.38. The number of sulfone groups is 1. The molecule has 0 aliphatic heterocycles. The van der Waals surface area contributed by atoms with E-state index in [2.05, 4.69) is 10.2 Å². The second-order valence-electron chi connectivity index (χ2n) is 5.01. The molecule has 0 spiro atoms. The van der Waals surface area contributed by atoms with Crippen LogP contribution in [0.25, 0.3) is 11.6 Å². The van der Waals surface area contributed by atoms with Gasteiger partial charge in [-0.25, -0.2) is 8.42 Å². The maximum atomic E-state index is 12.3. The molecule has 0 aliphatic rings. The fourth-order valence-electron chi connectivity index (χ4n) is 2.26. The van der Waals surface area contributed by atoms with E-state index in [-0.39, 0.29) is 5.75 Å². The van der Waals surface area contributed by atoms with Gasteiger partial charge in [-0.1, -0.05) is 30.0 Å². The van der Waals surface area contributed by atoms with E-state index in [4.69, 9.17) is 4.42 Å². The van der Waals surface area contributed by atoms with Crippen molar-refractivity contribution in [2.24, 2.45) is 0 Å². The zero-order chi connectivity index (χ0) is 17.0. The first-order valence-corrected chi connectivity index (χ1v) is 10.1. The van der Waals surface area contributed by atoms with Crippen LogP contribution in [0, 0.1) is 0 Å². The summed E-state index contributed by atoms with van der Waals surface area (Å²) in [5.74, 6) is 1.76. The highest BCUT2D eigenvalue weighted by Gasteiger charge is 2.17. The van der Waals surface area contributed by atoms with Gasteiger partial charge in [-0.3, -0.25) is 4.57 Å². The van der Waals surface area contributed by atoms with Gasteiger partial charge in [0, 0.05) is 12.3 Å². The van der Waals surface area contributed by atoms with E-state index in [0.717, 1.165) is 0 Å². The van der Waals surface area contributed by atoms with Gasteiger partial charge in [0.15, 0.2) is 26.6 Å². The van der Waals surface area contributed by atoms with Crippen molar-refractivity contribution in [1.82, 2.24) is 14.8 Å². The number of thioether (sulfide) groups is 1. The van der Waals surface area contributed by atoms with Crippen molar-refractivity contribution in [3.05, 3.63) is 48.7 Å². The quantitative estimate of drug-likeness (QED) is 0.600. The zero-order valence-electron chi connectivity index (χ0n) is 13.1. The Bertz CT molecular complexity index is 888. The van der Waals surface area contributed by atoms with Crippen LogP contribution in [-0.4, -0.2) is 34.7 Å². The Balaban J connectivity index is 1.70. The number of hydrogen-bond acceptors (Lipinski definition) is 6. The third kappa shape index (κ3) is 3.54. The summed E-state index contributed by atoms with van der Waals surface area (Å²) in [5, 5.41) is 9.00. The van der Waals surface area contributed by atoms with Crippen LogP contribution < -0.4 is 0 Å². The van der Waals surface area contributed by atoms with Gasteiger partial charge in [0.1, 0.15) is 0 Å². The third-order valence-electron chi connectivity index (χ3n) is 3.46. The van der Waals surface area contributed by atoms with Gasteiger partial charge in [-0.2, -0.15) is 0 Å². The lowest BCUT2D eigenvalue weighted by molar-refractivity contribution is 0.567. The minimum absolute atomic E-state index is 0.0499. The minimum atomic E-state index is -3.28. The monoisotopic (exact) mass is 363 g/mol.